The van der Waals surface area contributed by atoms with E-state index in [-0.39, 0.29) is 0 Å². The number of nitrogens with zero attached hydrogens (tertiary/aromatic N) is 3. The molecule has 0 aromatic carbocycles. The number of anilines is 2. The number of hydrogen-bond donors (Lipinski definition) is 1. The van der Waals surface area contributed by atoms with Crippen molar-refractivity contribution in [2.24, 2.45) is 0 Å². The molecule has 0 radical (unpaired) electrons. The Hall–Kier alpha value is -0.970. The quantitative estimate of drug-likeness (QED) is 0.793. The zero-order valence-electron chi connectivity index (χ0n) is 13.6. The minimum atomic E-state index is 0.398. The molecule has 0 saturated heterocycles. The van der Waals surface area contributed by atoms with Crippen LogP contribution in [0.2, 0.25) is 0 Å². The highest BCUT2D eigenvalue weighted by atomic mass is 32.2. The van der Waals surface area contributed by atoms with E-state index in [4.69, 9.17) is 0 Å². The maximum absolute atomic E-state index is 4.54. The Balaban J connectivity index is 3.11. The summed E-state index contributed by atoms with van der Waals surface area (Å²) in [6.07, 6.45) is 4.90. The summed E-state index contributed by atoms with van der Waals surface area (Å²) < 4.78 is 0. The molecular formula is C15H28N4S. The van der Waals surface area contributed by atoms with Gasteiger partial charge < -0.3 is 10.2 Å². The summed E-state index contributed by atoms with van der Waals surface area (Å²) in [5.74, 6) is 3.52. The minimum absolute atomic E-state index is 0.398. The van der Waals surface area contributed by atoms with Gasteiger partial charge in [0.2, 0.25) is 0 Å². The van der Waals surface area contributed by atoms with Crippen LogP contribution >= 0.6 is 11.8 Å². The summed E-state index contributed by atoms with van der Waals surface area (Å²) in [7, 11) is 2.12. The van der Waals surface area contributed by atoms with Gasteiger partial charge in [-0.2, -0.15) is 11.8 Å². The van der Waals surface area contributed by atoms with E-state index in [0.717, 1.165) is 30.4 Å². The van der Waals surface area contributed by atoms with Gasteiger partial charge >= 0.3 is 0 Å². The summed E-state index contributed by atoms with van der Waals surface area (Å²) in [6.45, 7) is 9.75. The maximum Gasteiger partial charge on any atom is 0.137 e. The number of thioether (sulfide) groups is 1. The zero-order valence-corrected chi connectivity index (χ0v) is 14.4. The largest absolute Gasteiger partial charge is 0.370 e. The molecule has 1 rings (SSSR count). The van der Waals surface area contributed by atoms with Crippen LogP contribution in [0.5, 0.6) is 0 Å². The highest BCUT2D eigenvalue weighted by molar-refractivity contribution is 7.98. The lowest BCUT2D eigenvalue weighted by atomic mass is 10.0. The lowest BCUT2D eigenvalue weighted by molar-refractivity contribution is 0.731. The molecule has 1 N–H and O–H groups in total. The summed E-state index contributed by atoms with van der Waals surface area (Å²) >= 11 is 1.86. The number of nitrogens with one attached hydrogen (secondary N) is 1. The van der Waals surface area contributed by atoms with E-state index in [2.05, 4.69) is 61.2 Å². The number of aromatic nitrogens is 2. The lowest BCUT2D eigenvalue weighted by Crippen LogP contribution is -2.33. The van der Waals surface area contributed by atoms with Gasteiger partial charge in [-0.3, -0.25) is 0 Å². The first kappa shape index (κ1) is 17.1. The van der Waals surface area contributed by atoms with Gasteiger partial charge in [-0.25, -0.2) is 9.97 Å². The highest BCUT2D eigenvalue weighted by Gasteiger charge is 2.20. The monoisotopic (exact) mass is 296 g/mol. The van der Waals surface area contributed by atoms with Crippen molar-refractivity contribution < 1.29 is 0 Å². The van der Waals surface area contributed by atoms with Crippen LogP contribution in [0.3, 0.4) is 0 Å². The molecule has 1 aromatic rings. The molecule has 0 aliphatic rings. The predicted molar refractivity (Wildman–Crippen MR) is 91.1 cm³/mol. The Bertz CT molecular complexity index is 409. The second-order valence-electron chi connectivity index (χ2n) is 5.46. The molecule has 0 spiro atoms. The SMILES string of the molecule is CCCNc1ncnc(N(C)C(C)CSC)c1C(C)C. The third kappa shape index (κ3) is 4.27. The first-order valence-electron chi connectivity index (χ1n) is 7.33. The summed E-state index contributed by atoms with van der Waals surface area (Å²) in [4.78, 5) is 11.2. The molecule has 114 valence electrons. The van der Waals surface area contributed by atoms with Crippen LogP contribution in [0, 0.1) is 0 Å². The molecule has 0 aliphatic heterocycles. The number of rotatable bonds is 8. The molecular weight excluding hydrogens is 268 g/mol. The average Bonchev–Trinajstić information content (AvgIpc) is 2.43. The van der Waals surface area contributed by atoms with Crippen molar-refractivity contribution in [1.29, 1.82) is 0 Å². The van der Waals surface area contributed by atoms with Crippen molar-refractivity contribution in [3.8, 4) is 0 Å². The van der Waals surface area contributed by atoms with E-state index >= 15 is 0 Å². The van der Waals surface area contributed by atoms with Gasteiger partial charge in [0.05, 0.1) is 0 Å². The zero-order chi connectivity index (χ0) is 15.1. The third-order valence-corrected chi connectivity index (χ3v) is 4.20. The first-order chi connectivity index (χ1) is 9.52. The van der Waals surface area contributed by atoms with Crippen LogP contribution in [0.1, 0.15) is 45.6 Å². The molecule has 0 fully saturated rings. The standard InChI is InChI=1S/C15H28N4S/c1-7-8-16-14-13(11(2)3)15(18-10-17-14)19(5)12(4)9-20-6/h10-12H,7-9H2,1-6H3,(H,16,17,18). The molecule has 1 aromatic heterocycles. The van der Waals surface area contributed by atoms with E-state index in [1.807, 2.05) is 11.8 Å². The molecule has 4 nitrogen and oxygen atoms in total. The van der Waals surface area contributed by atoms with Gasteiger partial charge in [-0.1, -0.05) is 20.8 Å². The fourth-order valence-corrected chi connectivity index (χ4v) is 2.85. The van der Waals surface area contributed by atoms with Crippen LogP contribution < -0.4 is 10.2 Å². The van der Waals surface area contributed by atoms with Crippen LogP contribution in [0.15, 0.2) is 6.33 Å². The van der Waals surface area contributed by atoms with Gasteiger partial charge in [0.15, 0.2) is 0 Å². The fraction of sp³-hybridized carbons (Fsp3) is 0.733. The normalized spacial score (nSPS) is 12.6. The molecule has 0 bridgehead atoms. The second kappa shape index (κ2) is 8.35. The van der Waals surface area contributed by atoms with E-state index in [9.17, 15) is 0 Å². The van der Waals surface area contributed by atoms with Crippen molar-refractivity contribution in [2.75, 3.05) is 35.8 Å². The van der Waals surface area contributed by atoms with Gasteiger partial charge in [-0.15, -0.1) is 0 Å². The van der Waals surface area contributed by atoms with Crippen molar-refractivity contribution in [1.82, 2.24) is 9.97 Å². The summed E-state index contributed by atoms with van der Waals surface area (Å²) in [5.41, 5.74) is 1.22. The van der Waals surface area contributed by atoms with E-state index in [1.165, 1.54) is 5.56 Å². The fourth-order valence-electron chi connectivity index (χ4n) is 2.15. The minimum Gasteiger partial charge on any atom is -0.370 e. The molecule has 1 unspecified atom stereocenters. The Morgan fingerprint density at radius 1 is 1.30 bits per heavy atom. The van der Waals surface area contributed by atoms with Crippen LogP contribution in [-0.4, -0.2) is 41.6 Å². The first-order valence-corrected chi connectivity index (χ1v) is 8.72. The Morgan fingerprint density at radius 2 is 2.00 bits per heavy atom. The van der Waals surface area contributed by atoms with Crippen molar-refractivity contribution in [2.45, 2.75) is 46.1 Å². The Labute approximate surface area is 127 Å². The van der Waals surface area contributed by atoms with Gasteiger partial charge in [0.1, 0.15) is 18.0 Å². The van der Waals surface area contributed by atoms with E-state index in [0.29, 0.717) is 12.0 Å². The number of hydrogen-bond acceptors (Lipinski definition) is 5. The molecule has 5 heteroatoms. The lowest BCUT2D eigenvalue weighted by Gasteiger charge is -2.29. The Kier molecular flexibility index (Phi) is 7.13. The summed E-state index contributed by atoms with van der Waals surface area (Å²) in [6, 6.07) is 0.455. The smallest absolute Gasteiger partial charge is 0.137 e. The van der Waals surface area contributed by atoms with E-state index < -0.39 is 0 Å². The molecule has 0 amide bonds. The van der Waals surface area contributed by atoms with Crippen LogP contribution in [0.4, 0.5) is 11.6 Å². The topological polar surface area (TPSA) is 41.1 Å². The second-order valence-corrected chi connectivity index (χ2v) is 6.37. The molecule has 20 heavy (non-hydrogen) atoms. The van der Waals surface area contributed by atoms with Crippen molar-refractivity contribution in [3.05, 3.63) is 11.9 Å². The van der Waals surface area contributed by atoms with Crippen LogP contribution in [0.25, 0.3) is 0 Å². The van der Waals surface area contributed by atoms with Crippen molar-refractivity contribution >= 4 is 23.4 Å². The summed E-state index contributed by atoms with van der Waals surface area (Å²) in [5, 5.41) is 3.43. The van der Waals surface area contributed by atoms with Crippen LogP contribution in [-0.2, 0) is 0 Å². The van der Waals surface area contributed by atoms with Gasteiger partial charge in [0, 0.05) is 31.0 Å². The van der Waals surface area contributed by atoms with Gasteiger partial charge in [0.25, 0.3) is 0 Å². The predicted octanol–water partition coefficient (Wildman–Crippen LogP) is 3.61. The highest BCUT2D eigenvalue weighted by Crippen LogP contribution is 2.31. The maximum atomic E-state index is 4.54. The van der Waals surface area contributed by atoms with Crippen molar-refractivity contribution in [3.63, 3.8) is 0 Å². The molecule has 1 atom stereocenters. The molecule has 0 saturated carbocycles. The molecule has 1 heterocycles. The Morgan fingerprint density at radius 3 is 2.55 bits per heavy atom. The van der Waals surface area contributed by atoms with Gasteiger partial charge in [-0.05, 0) is 25.5 Å². The van der Waals surface area contributed by atoms with E-state index in [1.54, 1.807) is 6.33 Å². The third-order valence-electron chi connectivity index (χ3n) is 3.39. The molecule has 0 aliphatic carbocycles. The average molecular weight is 296 g/mol.